The smallest absolute Gasteiger partial charge is 0.0595 e. The monoisotopic (exact) mass is 333 g/mol. The molecule has 1 rings (SSSR count). The summed E-state index contributed by atoms with van der Waals surface area (Å²) in [5.41, 5.74) is 1.25. The molecule has 1 aromatic carbocycles. The number of halogens is 2. The van der Waals surface area contributed by atoms with Gasteiger partial charge in [-0.25, -0.2) is 0 Å². The van der Waals surface area contributed by atoms with Crippen molar-refractivity contribution in [2.75, 3.05) is 12.3 Å². The Bertz CT molecular complexity index is 398. The summed E-state index contributed by atoms with van der Waals surface area (Å²) in [5.74, 6) is 1.13. The lowest BCUT2D eigenvalue weighted by atomic mass is 10.1. The molecule has 0 spiro atoms. The van der Waals surface area contributed by atoms with Gasteiger partial charge in [0.15, 0.2) is 0 Å². The van der Waals surface area contributed by atoms with Crippen molar-refractivity contribution in [2.45, 2.75) is 51.3 Å². The largest absolute Gasteiger partial charge is 0.313 e. The van der Waals surface area contributed by atoms with Gasteiger partial charge in [0.05, 0.1) is 10.0 Å². The summed E-state index contributed by atoms with van der Waals surface area (Å²) in [7, 11) is 0. The van der Waals surface area contributed by atoms with Crippen molar-refractivity contribution in [3.8, 4) is 0 Å². The summed E-state index contributed by atoms with van der Waals surface area (Å²) in [6, 6.07) is 6.44. The Kier molecular flexibility index (Phi) is 9.03. The molecule has 4 heteroatoms. The van der Waals surface area contributed by atoms with Gasteiger partial charge in [-0.2, -0.15) is 11.8 Å². The molecule has 0 fully saturated rings. The van der Waals surface area contributed by atoms with E-state index in [1.54, 1.807) is 0 Å². The Morgan fingerprint density at radius 1 is 1.20 bits per heavy atom. The summed E-state index contributed by atoms with van der Waals surface area (Å²) in [4.78, 5) is 0. The van der Waals surface area contributed by atoms with Gasteiger partial charge in [0.1, 0.15) is 0 Å². The minimum Gasteiger partial charge on any atom is -0.313 e. The van der Waals surface area contributed by atoms with Crippen LogP contribution >= 0.6 is 35.0 Å². The van der Waals surface area contributed by atoms with E-state index >= 15 is 0 Å². The van der Waals surface area contributed by atoms with Crippen molar-refractivity contribution < 1.29 is 0 Å². The Labute approximate surface area is 137 Å². The molecule has 0 aromatic heterocycles. The van der Waals surface area contributed by atoms with E-state index in [0.717, 1.165) is 30.4 Å². The Morgan fingerprint density at radius 2 is 1.95 bits per heavy atom. The number of hydrogen-bond acceptors (Lipinski definition) is 2. The molecule has 1 nitrogen and oxygen atoms in total. The van der Waals surface area contributed by atoms with Gasteiger partial charge >= 0.3 is 0 Å². The van der Waals surface area contributed by atoms with Crippen LogP contribution in [0.4, 0.5) is 0 Å². The molecule has 1 aromatic rings. The lowest BCUT2D eigenvalue weighted by Crippen LogP contribution is -2.34. The van der Waals surface area contributed by atoms with Crippen LogP contribution in [-0.2, 0) is 6.42 Å². The van der Waals surface area contributed by atoms with E-state index in [1.165, 1.54) is 12.0 Å². The lowest BCUT2D eigenvalue weighted by molar-refractivity contribution is 0.549. The third-order valence-corrected chi connectivity index (χ3v) is 5.54. The molecule has 0 amide bonds. The highest BCUT2D eigenvalue weighted by Crippen LogP contribution is 2.24. The molecule has 0 heterocycles. The van der Waals surface area contributed by atoms with Crippen LogP contribution in [0.3, 0.4) is 0 Å². The SMILES string of the molecule is CCCNC(CSC(C)CC)Cc1ccc(Cl)c(Cl)c1. The second-order valence-corrected chi connectivity index (χ2v) is 7.44. The van der Waals surface area contributed by atoms with Crippen molar-refractivity contribution in [1.82, 2.24) is 5.32 Å². The van der Waals surface area contributed by atoms with Gasteiger partial charge < -0.3 is 5.32 Å². The fourth-order valence-corrected chi connectivity index (χ4v) is 3.24. The number of hydrogen-bond donors (Lipinski definition) is 1. The maximum atomic E-state index is 6.09. The number of thioether (sulfide) groups is 1. The molecule has 114 valence electrons. The molecular formula is C16H25Cl2NS. The van der Waals surface area contributed by atoms with Gasteiger partial charge in [0.25, 0.3) is 0 Å². The number of rotatable bonds is 9. The molecule has 2 unspecified atom stereocenters. The Morgan fingerprint density at radius 3 is 2.55 bits per heavy atom. The maximum Gasteiger partial charge on any atom is 0.0595 e. The first-order valence-corrected chi connectivity index (χ1v) is 9.16. The van der Waals surface area contributed by atoms with Crippen LogP contribution in [0.2, 0.25) is 10.0 Å². The van der Waals surface area contributed by atoms with Crippen molar-refractivity contribution in [1.29, 1.82) is 0 Å². The zero-order chi connectivity index (χ0) is 15.0. The normalized spacial score (nSPS) is 14.2. The molecule has 0 saturated carbocycles. The highest BCUT2D eigenvalue weighted by atomic mass is 35.5. The highest BCUT2D eigenvalue weighted by Gasteiger charge is 2.12. The predicted octanol–water partition coefficient (Wildman–Crippen LogP) is 5.44. The molecule has 0 saturated heterocycles. The van der Waals surface area contributed by atoms with Gasteiger partial charge in [-0.3, -0.25) is 0 Å². The Hall–Kier alpha value is 0.110. The van der Waals surface area contributed by atoms with Gasteiger partial charge in [-0.1, -0.05) is 50.0 Å². The van der Waals surface area contributed by atoms with Crippen LogP contribution in [0, 0.1) is 0 Å². The standard InChI is InChI=1S/C16H25Cl2NS/c1-4-8-19-14(11-20-12(3)5-2)9-13-6-7-15(17)16(18)10-13/h6-7,10,12,14,19H,4-5,8-9,11H2,1-3H3. The van der Waals surface area contributed by atoms with Crippen molar-refractivity contribution in [2.24, 2.45) is 0 Å². The molecule has 0 bridgehead atoms. The maximum absolute atomic E-state index is 6.09. The van der Waals surface area contributed by atoms with Crippen LogP contribution in [0.1, 0.15) is 39.2 Å². The van der Waals surface area contributed by atoms with Crippen LogP contribution in [0.15, 0.2) is 18.2 Å². The minimum atomic E-state index is 0.492. The molecule has 0 radical (unpaired) electrons. The number of benzene rings is 1. The van der Waals surface area contributed by atoms with Crippen LogP contribution in [0.5, 0.6) is 0 Å². The molecule has 0 aliphatic rings. The summed E-state index contributed by atoms with van der Waals surface area (Å²) in [6.45, 7) is 7.80. The Balaban J connectivity index is 2.60. The fraction of sp³-hybridized carbons (Fsp3) is 0.625. The van der Waals surface area contributed by atoms with E-state index in [9.17, 15) is 0 Å². The summed E-state index contributed by atoms with van der Waals surface area (Å²) in [5, 5.41) is 5.63. The minimum absolute atomic E-state index is 0.492. The lowest BCUT2D eigenvalue weighted by Gasteiger charge is -2.20. The quantitative estimate of drug-likeness (QED) is 0.646. The highest BCUT2D eigenvalue weighted by molar-refractivity contribution is 7.99. The molecule has 20 heavy (non-hydrogen) atoms. The van der Waals surface area contributed by atoms with Crippen molar-refractivity contribution in [3.63, 3.8) is 0 Å². The van der Waals surface area contributed by atoms with Gasteiger partial charge in [-0.05, 0) is 43.5 Å². The fourth-order valence-electron chi connectivity index (χ4n) is 1.89. The summed E-state index contributed by atoms with van der Waals surface area (Å²) in [6.07, 6.45) is 3.38. The molecular weight excluding hydrogens is 309 g/mol. The van der Waals surface area contributed by atoms with Crippen LogP contribution in [0.25, 0.3) is 0 Å². The van der Waals surface area contributed by atoms with E-state index in [0.29, 0.717) is 16.1 Å². The third-order valence-electron chi connectivity index (χ3n) is 3.31. The zero-order valence-electron chi connectivity index (χ0n) is 12.6. The summed E-state index contributed by atoms with van der Waals surface area (Å²) >= 11 is 14.1. The summed E-state index contributed by atoms with van der Waals surface area (Å²) < 4.78 is 0. The van der Waals surface area contributed by atoms with Gasteiger partial charge in [0, 0.05) is 17.0 Å². The molecule has 0 aliphatic carbocycles. The van der Waals surface area contributed by atoms with Gasteiger partial charge in [-0.15, -0.1) is 0 Å². The van der Waals surface area contributed by atoms with Crippen LogP contribution < -0.4 is 5.32 Å². The van der Waals surface area contributed by atoms with Crippen molar-refractivity contribution >= 4 is 35.0 Å². The van der Waals surface area contributed by atoms with E-state index < -0.39 is 0 Å². The molecule has 0 aliphatic heterocycles. The first kappa shape index (κ1) is 18.2. The molecule has 1 N–H and O–H groups in total. The average molecular weight is 334 g/mol. The third kappa shape index (κ3) is 6.71. The second kappa shape index (κ2) is 9.94. The molecule has 2 atom stereocenters. The number of nitrogens with one attached hydrogen (secondary N) is 1. The second-order valence-electron chi connectivity index (χ2n) is 5.16. The van der Waals surface area contributed by atoms with Crippen molar-refractivity contribution in [3.05, 3.63) is 33.8 Å². The van der Waals surface area contributed by atoms with Gasteiger partial charge in [0.2, 0.25) is 0 Å². The van der Waals surface area contributed by atoms with E-state index in [4.69, 9.17) is 23.2 Å². The van der Waals surface area contributed by atoms with E-state index in [2.05, 4.69) is 32.2 Å². The van der Waals surface area contributed by atoms with E-state index in [-0.39, 0.29) is 0 Å². The zero-order valence-corrected chi connectivity index (χ0v) is 14.9. The first-order valence-electron chi connectivity index (χ1n) is 7.35. The predicted molar refractivity (Wildman–Crippen MR) is 94.5 cm³/mol. The van der Waals surface area contributed by atoms with E-state index in [1.807, 2.05) is 23.9 Å². The topological polar surface area (TPSA) is 12.0 Å². The first-order chi connectivity index (χ1) is 9.56. The van der Waals surface area contributed by atoms with Crippen LogP contribution in [-0.4, -0.2) is 23.6 Å². The average Bonchev–Trinajstić information content (AvgIpc) is 2.45.